The van der Waals surface area contributed by atoms with Crippen molar-refractivity contribution in [3.63, 3.8) is 0 Å². The third-order valence-corrected chi connectivity index (χ3v) is 4.28. The van der Waals surface area contributed by atoms with Crippen LogP contribution in [-0.2, 0) is 11.3 Å². The maximum Gasteiger partial charge on any atom is 0.0700 e. The summed E-state index contributed by atoms with van der Waals surface area (Å²) in [5.41, 5.74) is 1.23. The van der Waals surface area contributed by atoms with E-state index in [-0.39, 0.29) is 0 Å². The molecule has 4 heteroatoms. The molecule has 1 aromatic carbocycles. The molecule has 2 rings (SSSR count). The fourth-order valence-corrected chi connectivity index (χ4v) is 2.37. The molecule has 1 N–H and O–H groups in total. The largest absolute Gasteiger partial charge is 0.377 e. The second kappa shape index (κ2) is 6.19. The fourth-order valence-electron chi connectivity index (χ4n) is 1.83. The lowest BCUT2D eigenvalue weighted by Gasteiger charge is -2.11. The summed E-state index contributed by atoms with van der Waals surface area (Å²) in [6, 6.07) is 6.17. The molecular formula is C12H15ClINO. The van der Waals surface area contributed by atoms with E-state index in [1.54, 1.807) is 0 Å². The Labute approximate surface area is 115 Å². The molecule has 1 saturated heterocycles. The van der Waals surface area contributed by atoms with Gasteiger partial charge in [-0.3, -0.25) is 0 Å². The quantitative estimate of drug-likeness (QED) is 0.841. The first-order valence-electron chi connectivity index (χ1n) is 5.52. The van der Waals surface area contributed by atoms with Crippen molar-refractivity contribution in [1.82, 2.24) is 5.32 Å². The second-order valence-electron chi connectivity index (χ2n) is 4.01. The molecule has 1 aliphatic rings. The molecule has 0 saturated carbocycles. The van der Waals surface area contributed by atoms with E-state index in [0.717, 1.165) is 28.3 Å². The van der Waals surface area contributed by atoms with E-state index < -0.39 is 0 Å². The van der Waals surface area contributed by atoms with Crippen LogP contribution in [0.5, 0.6) is 0 Å². The average molecular weight is 352 g/mol. The Hall–Kier alpha value is 0.160. The van der Waals surface area contributed by atoms with Gasteiger partial charge in [-0.15, -0.1) is 0 Å². The third kappa shape index (κ3) is 3.58. The summed E-state index contributed by atoms with van der Waals surface area (Å²) in [5, 5.41) is 4.23. The maximum atomic E-state index is 6.06. The average Bonchev–Trinajstić information content (AvgIpc) is 2.76. The third-order valence-electron chi connectivity index (χ3n) is 2.71. The van der Waals surface area contributed by atoms with Crippen molar-refractivity contribution in [3.8, 4) is 0 Å². The Morgan fingerprint density at radius 2 is 2.38 bits per heavy atom. The van der Waals surface area contributed by atoms with Crippen LogP contribution in [0, 0.1) is 3.57 Å². The second-order valence-corrected chi connectivity index (χ2v) is 5.58. The van der Waals surface area contributed by atoms with Crippen LogP contribution in [0.3, 0.4) is 0 Å². The molecule has 1 aliphatic heterocycles. The van der Waals surface area contributed by atoms with Gasteiger partial charge in [0.15, 0.2) is 0 Å². The topological polar surface area (TPSA) is 21.3 Å². The van der Waals surface area contributed by atoms with Crippen molar-refractivity contribution in [3.05, 3.63) is 32.4 Å². The van der Waals surface area contributed by atoms with Crippen molar-refractivity contribution in [1.29, 1.82) is 0 Å². The van der Waals surface area contributed by atoms with Gasteiger partial charge >= 0.3 is 0 Å². The zero-order valence-electron chi connectivity index (χ0n) is 9.01. The van der Waals surface area contributed by atoms with E-state index in [2.05, 4.69) is 34.0 Å². The van der Waals surface area contributed by atoms with Crippen LogP contribution >= 0.6 is 34.2 Å². The molecule has 0 aliphatic carbocycles. The van der Waals surface area contributed by atoms with Crippen molar-refractivity contribution < 1.29 is 4.74 Å². The van der Waals surface area contributed by atoms with Crippen molar-refractivity contribution in [2.75, 3.05) is 13.2 Å². The summed E-state index contributed by atoms with van der Waals surface area (Å²) in [5.74, 6) is 0. The van der Waals surface area contributed by atoms with Crippen molar-refractivity contribution in [2.45, 2.75) is 25.5 Å². The fraction of sp³-hybridized carbons (Fsp3) is 0.500. The molecule has 0 aromatic heterocycles. The smallest absolute Gasteiger partial charge is 0.0700 e. The predicted molar refractivity (Wildman–Crippen MR) is 74.8 cm³/mol. The summed E-state index contributed by atoms with van der Waals surface area (Å²) in [6.07, 6.45) is 2.78. The summed E-state index contributed by atoms with van der Waals surface area (Å²) in [6.45, 7) is 2.71. The summed E-state index contributed by atoms with van der Waals surface area (Å²) in [4.78, 5) is 0. The normalized spacial score (nSPS) is 20.2. The van der Waals surface area contributed by atoms with Gasteiger partial charge in [-0.25, -0.2) is 0 Å². The molecule has 16 heavy (non-hydrogen) atoms. The molecule has 0 spiro atoms. The summed E-state index contributed by atoms with van der Waals surface area (Å²) >= 11 is 8.30. The first-order chi connectivity index (χ1) is 7.75. The first kappa shape index (κ1) is 12.6. The van der Waals surface area contributed by atoms with Gasteiger partial charge in [0.2, 0.25) is 0 Å². The Balaban J connectivity index is 1.78. The standard InChI is InChI=1S/C12H15ClINO/c13-11-6-9(3-4-12(11)14)7-15-8-10-2-1-5-16-10/h3-4,6,10,15H,1-2,5,7-8H2. The Morgan fingerprint density at radius 3 is 3.06 bits per heavy atom. The number of halogens is 2. The van der Waals surface area contributed by atoms with Crippen LogP contribution in [0.25, 0.3) is 0 Å². The minimum absolute atomic E-state index is 0.402. The minimum atomic E-state index is 0.402. The molecule has 1 atom stereocenters. The highest BCUT2D eigenvalue weighted by Gasteiger charge is 2.14. The van der Waals surface area contributed by atoms with E-state index in [0.29, 0.717) is 6.10 Å². The number of nitrogens with one attached hydrogen (secondary N) is 1. The number of ether oxygens (including phenoxy) is 1. The molecule has 2 nitrogen and oxygen atoms in total. The zero-order chi connectivity index (χ0) is 11.4. The molecular weight excluding hydrogens is 336 g/mol. The Kier molecular flexibility index (Phi) is 4.88. The molecule has 1 heterocycles. The highest BCUT2D eigenvalue weighted by Crippen LogP contribution is 2.19. The maximum absolute atomic E-state index is 6.06. The van der Waals surface area contributed by atoms with E-state index in [4.69, 9.17) is 16.3 Å². The molecule has 88 valence electrons. The molecule has 1 unspecified atom stereocenters. The van der Waals surface area contributed by atoms with E-state index in [1.165, 1.54) is 18.4 Å². The van der Waals surface area contributed by atoms with Crippen LogP contribution in [-0.4, -0.2) is 19.3 Å². The van der Waals surface area contributed by atoms with Crippen molar-refractivity contribution in [2.24, 2.45) is 0 Å². The van der Waals surface area contributed by atoms with Gasteiger partial charge in [0, 0.05) is 23.3 Å². The Morgan fingerprint density at radius 1 is 1.50 bits per heavy atom. The lowest BCUT2D eigenvalue weighted by atomic mass is 10.2. The van der Waals surface area contributed by atoms with Gasteiger partial charge in [0.1, 0.15) is 0 Å². The lowest BCUT2D eigenvalue weighted by molar-refractivity contribution is 0.110. The molecule has 0 bridgehead atoms. The van der Waals surface area contributed by atoms with Gasteiger partial charge in [0.05, 0.1) is 11.1 Å². The van der Waals surface area contributed by atoms with Crippen LogP contribution in [0.2, 0.25) is 5.02 Å². The van der Waals surface area contributed by atoms with Gasteiger partial charge in [-0.1, -0.05) is 17.7 Å². The number of rotatable bonds is 4. The molecule has 1 aromatic rings. The minimum Gasteiger partial charge on any atom is -0.377 e. The van der Waals surface area contributed by atoms with E-state index in [9.17, 15) is 0 Å². The first-order valence-corrected chi connectivity index (χ1v) is 6.97. The van der Waals surface area contributed by atoms with Crippen LogP contribution in [0.1, 0.15) is 18.4 Å². The highest BCUT2D eigenvalue weighted by atomic mass is 127. The van der Waals surface area contributed by atoms with Gasteiger partial charge in [0.25, 0.3) is 0 Å². The highest BCUT2D eigenvalue weighted by molar-refractivity contribution is 14.1. The number of hydrogen-bond donors (Lipinski definition) is 1. The summed E-state index contributed by atoms with van der Waals surface area (Å²) in [7, 11) is 0. The predicted octanol–water partition coefficient (Wildman–Crippen LogP) is 3.21. The molecule has 0 radical (unpaired) electrons. The van der Waals surface area contributed by atoms with E-state index >= 15 is 0 Å². The SMILES string of the molecule is Clc1cc(CNCC2CCCO2)ccc1I. The Bertz CT molecular complexity index is 353. The number of hydrogen-bond acceptors (Lipinski definition) is 2. The van der Waals surface area contributed by atoms with Crippen LogP contribution < -0.4 is 5.32 Å². The van der Waals surface area contributed by atoms with Gasteiger partial charge in [-0.05, 0) is 53.1 Å². The van der Waals surface area contributed by atoms with Gasteiger partial charge < -0.3 is 10.1 Å². The molecule has 1 fully saturated rings. The van der Waals surface area contributed by atoms with Crippen molar-refractivity contribution >= 4 is 34.2 Å². The number of benzene rings is 1. The zero-order valence-corrected chi connectivity index (χ0v) is 11.9. The van der Waals surface area contributed by atoms with E-state index in [1.807, 2.05) is 12.1 Å². The van der Waals surface area contributed by atoms with Crippen LogP contribution in [0.15, 0.2) is 18.2 Å². The molecule has 0 amide bonds. The van der Waals surface area contributed by atoms with Gasteiger partial charge in [-0.2, -0.15) is 0 Å². The lowest BCUT2D eigenvalue weighted by Crippen LogP contribution is -2.25. The van der Waals surface area contributed by atoms with Crippen LogP contribution in [0.4, 0.5) is 0 Å². The monoisotopic (exact) mass is 351 g/mol. The summed E-state index contributed by atoms with van der Waals surface area (Å²) < 4.78 is 6.64.